The van der Waals surface area contributed by atoms with Crippen LogP contribution < -0.4 is 10.1 Å². The van der Waals surface area contributed by atoms with Crippen LogP contribution in [0.15, 0.2) is 78.1 Å². The molecule has 146 valence electrons. The number of hydrogen-bond acceptors (Lipinski definition) is 5. The van der Waals surface area contributed by atoms with Crippen molar-refractivity contribution >= 4 is 11.6 Å². The Morgan fingerprint density at radius 3 is 2.83 bits per heavy atom. The Labute approximate surface area is 167 Å². The molecule has 1 amide bonds. The molecule has 1 aliphatic rings. The largest absolute Gasteiger partial charge is 0.439 e. The second-order valence-electron chi connectivity index (χ2n) is 6.46. The van der Waals surface area contributed by atoms with Crippen molar-refractivity contribution in [2.45, 2.75) is 19.1 Å². The number of hydrogen-bond donors (Lipinski definition) is 1. The van der Waals surface area contributed by atoms with E-state index >= 15 is 0 Å². The number of halogens is 1. The summed E-state index contributed by atoms with van der Waals surface area (Å²) in [6.45, 7) is 0.187. The summed E-state index contributed by atoms with van der Waals surface area (Å²) in [7, 11) is 0. The first kappa shape index (κ1) is 18.6. The molecule has 1 N–H and O–H groups in total. The fourth-order valence-electron chi connectivity index (χ4n) is 2.93. The molecule has 0 spiro atoms. The smallest absolute Gasteiger partial charge is 0.269 e. The Bertz CT molecular complexity index is 1040. The molecule has 3 aromatic rings. The molecule has 1 unspecified atom stereocenters. The zero-order valence-corrected chi connectivity index (χ0v) is 15.4. The maximum atomic E-state index is 13.4. The van der Waals surface area contributed by atoms with Crippen LogP contribution in [0.5, 0.6) is 11.6 Å². The quantitative estimate of drug-likeness (QED) is 0.685. The van der Waals surface area contributed by atoms with Gasteiger partial charge in [-0.3, -0.25) is 4.79 Å². The summed E-state index contributed by atoms with van der Waals surface area (Å²) in [6.07, 6.45) is 1.71. The molecule has 0 saturated carbocycles. The number of amides is 1. The highest BCUT2D eigenvalue weighted by Gasteiger charge is 2.27. The predicted molar refractivity (Wildman–Crippen MR) is 105 cm³/mol. The second-order valence-corrected chi connectivity index (χ2v) is 6.46. The van der Waals surface area contributed by atoms with E-state index in [2.05, 4.69) is 15.5 Å². The maximum absolute atomic E-state index is 13.4. The minimum Gasteiger partial charge on any atom is -0.439 e. The molecule has 0 fully saturated rings. The van der Waals surface area contributed by atoms with Gasteiger partial charge in [0, 0.05) is 30.8 Å². The van der Waals surface area contributed by atoms with E-state index in [1.807, 2.05) is 30.3 Å². The number of ether oxygens (including phenoxy) is 1. The fourth-order valence-corrected chi connectivity index (χ4v) is 2.93. The molecule has 4 rings (SSSR count). The van der Waals surface area contributed by atoms with Gasteiger partial charge in [0.1, 0.15) is 17.3 Å². The molecule has 29 heavy (non-hydrogen) atoms. The van der Waals surface area contributed by atoms with Crippen molar-refractivity contribution in [2.24, 2.45) is 5.16 Å². The minimum absolute atomic E-state index is 0.187. The number of pyridine rings is 1. The lowest BCUT2D eigenvalue weighted by Gasteiger charge is -2.11. The number of aromatic nitrogens is 1. The van der Waals surface area contributed by atoms with Crippen molar-refractivity contribution in [2.75, 3.05) is 0 Å². The van der Waals surface area contributed by atoms with E-state index in [9.17, 15) is 9.18 Å². The molecule has 0 aliphatic carbocycles. The van der Waals surface area contributed by atoms with Gasteiger partial charge < -0.3 is 14.9 Å². The normalized spacial score (nSPS) is 15.3. The van der Waals surface area contributed by atoms with E-state index in [1.165, 1.54) is 12.1 Å². The summed E-state index contributed by atoms with van der Waals surface area (Å²) in [5.41, 5.74) is 1.96. The number of nitrogens with zero attached hydrogens (tertiary/aromatic N) is 2. The second kappa shape index (κ2) is 8.52. The van der Waals surface area contributed by atoms with Crippen molar-refractivity contribution in [1.82, 2.24) is 10.3 Å². The predicted octanol–water partition coefficient (Wildman–Crippen LogP) is 4.15. The number of carbonyl (C=O) groups is 1. The monoisotopic (exact) mass is 391 g/mol. The molecule has 0 radical (unpaired) electrons. The van der Waals surface area contributed by atoms with Gasteiger partial charge in [0.2, 0.25) is 5.88 Å². The lowest BCUT2D eigenvalue weighted by atomic mass is 10.0. The topological polar surface area (TPSA) is 72.8 Å². The van der Waals surface area contributed by atoms with E-state index in [0.29, 0.717) is 29.3 Å². The SMILES string of the molecule is O=C(NCc1cccnc1Oc1cccc(F)c1)C1=NOC(c2ccccc2)C1. The van der Waals surface area contributed by atoms with Gasteiger partial charge in [0.15, 0.2) is 6.10 Å². The van der Waals surface area contributed by atoms with Crippen LogP contribution in [0.4, 0.5) is 4.39 Å². The average molecular weight is 391 g/mol. The van der Waals surface area contributed by atoms with Crippen LogP contribution in [-0.2, 0) is 16.2 Å². The molecule has 0 bridgehead atoms. The third kappa shape index (κ3) is 4.57. The molecule has 1 aliphatic heterocycles. The Balaban J connectivity index is 1.38. The molecule has 2 aromatic carbocycles. The third-order valence-corrected chi connectivity index (χ3v) is 4.40. The zero-order valence-electron chi connectivity index (χ0n) is 15.4. The third-order valence-electron chi connectivity index (χ3n) is 4.40. The first-order valence-electron chi connectivity index (χ1n) is 9.12. The highest BCUT2D eigenvalue weighted by Crippen LogP contribution is 2.27. The Kier molecular flexibility index (Phi) is 5.47. The van der Waals surface area contributed by atoms with Crippen LogP contribution in [0.25, 0.3) is 0 Å². The Morgan fingerprint density at radius 1 is 1.14 bits per heavy atom. The van der Waals surface area contributed by atoms with Crippen molar-refractivity contribution in [3.63, 3.8) is 0 Å². The van der Waals surface area contributed by atoms with E-state index in [0.717, 1.165) is 5.56 Å². The van der Waals surface area contributed by atoms with E-state index in [4.69, 9.17) is 9.57 Å². The lowest BCUT2D eigenvalue weighted by Crippen LogP contribution is -2.30. The summed E-state index contributed by atoms with van der Waals surface area (Å²) in [5, 5.41) is 6.73. The van der Waals surface area contributed by atoms with Crippen molar-refractivity contribution < 1.29 is 18.8 Å². The molecule has 6 nitrogen and oxygen atoms in total. The first-order chi connectivity index (χ1) is 14.2. The average Bonchev–Trinajstić information content (AvgIpc) is 3.24. The van der Waals surface area contributed by atoms with E-state index < -0.39 is 5.82 Å². The van der Waals surface area contributed by atoms with Gasteiger partial charge in [-0.05, 0) is 23.8 Å². The molecule has 1 aromatic heterocycles. The number of oxime groups is 1. The van der Waals surface area contributed by atoms with Gasteiger partial charge in [0.25, 0.3) is 5.91 Å². The summed E-state index contributed by atoms with van der Waals surface area (Å²) < 4.78 is 19.0. The van der Waals surface area contributed by atoms with Crippen LogP contribution >= 0.6 is 0 Å². The number of rotatable bonds is 6. The number of nitrogens with one attached hydrogen (secondary N) is 1. The first-order valence-corrected chi connectivity index (χ1v) is 9.12. The van der Waals surface area contributed by atoms with Gasteiger partial charge >= 0.3 is 0 Å². The van der Waals surface area contributed by atoms with E-state index in [-0.39, 0.29) is 18.6 Å². The number of benzene rings is 2. The van der Waals surface area contributed by atoms with Crippen LogP contribution in [0.1, 0.15) is 23.7 Å². The van der Waals surface area contributed by atoms with Crippen molar-refractivity contribution in [1.29, 1.82) is 0 Å². The van der Waals surface area contributed by atoms with Crippen molar-refractivity contribution in [3.8, 4) is 11.6 Å². The summed E-state index contributed by atoms with van der Waals surface area (Å²) in [6, 6.07) is 18.9. The molecular formula is C22H18FN3O3. The van der Waals surface area contributed by atoms with Crippen LogP contribution in [0.2, 0.25) is 0 Å². The molecule has 2 heterocycles. The summed E-state index contributed by atoms with van der Waals surface area (Å²) >= 11 is 0. The molecule has 0 saturated heterocycles. The lowest BCUT2D eigenvalue weighted by molar-refractivity contribution is -0.115. The van der Waals surface area contributed by atoms with Gasteiger partial charge in [-0.1, -0.05) is 47.6 Å². The van der Waals surface area contributed by atoms with Crippen molar-refractivity contribution in [3.05, 3.63) is 89.9 Å². The Morgan fingerprint density at radius 2 is 2.00 bits per heavy atom. The van der Waals surface area contributed by atoms with Gasteiger partial charge in [-0.25, -0.2) is 9.37 Å². The Hall–Kier alpha value is -3.74. The fraction of sp³-hybridized carbons (Fsp3) is 0.136. The standard InChI is InChI=1S/C22H18FN3O3/c23-17-9-4-10-18(12-17)28-22-16(8-5-11-24-22)14-25-21(27)19-13-20(29-26-19)15-6-2-1-3-7-15/h1-12,20H,13-14H2,(H,25,27). The maximum Gasteiger partial charge on any atom is 0.269 e. The number of carbonyl (C=O) groups excluding carboxylic acids is 1. The van der Waals surface area contributed by atoms with E-state index in [1.54, 1.807) is 30.5 Å². The molecule has 7 heteroatoms. The van der Waals surface area contributed by atoms with Crippen LogP contribution in [0.3, 0.4) is 0 Å². The van der Waals surface area contributed by atoms with Gasteiger partial charge in [-0.2, -0.15) is 0 Å². The van der Waals surface area contributed by atoms with Crippen LogP contribution in [0, 0.1) is 5.82 Å². The van der Waals surface area contributed by atoms with Gasteiger partial charge in [0.05, 0.1) is 0 Å². The van der Waals surface area contributed by atoms with Gasteiger partial charge in [-0.15, -0.1) is 0 Å². The zero-order chi connectivity index (χ0) is 20.1. The molecule has 1 atom stereocenters. The highest BCUT2D eigenvalue weighted by atomic mass is 19.1. The molecular weight excluding hydrogens is 373 g/mol. The van der Waals surface area contributed by atoms with Crippen LogP contribution in [-0.4, -0.2) is 16.6 Å². The minimum atomic E-state index is -0.402. The summed E-state index contributed by atoms with van der Waals surface area (Å²) in [5.74, 6) is -0.0924. The summed E-state index contributed by atoms with van der Waals surface area (Å²) in [4.78, 5) is 22.1. The highest BCUT2D eigenvalue weighted by molar-refractivity contribution is 6.39.